The Morgan fingerprint density at radius 1 is 1.06 bits per heavy atom. The molecule has 1 aromatic carbocycles. The lowest BCUT2D eigenvalue weighted by atomic mass is 9.83. The van der Waals surface area contributed by atoms with E-state index in [-0.39, 0.29) is 5.56 Å². The van der Waals surface area contributed by atoms with Gasteiger partial charge in [0.2, 0.25) is 11.5 Å². The summed E-state index contributed by atoms with van der Waals surface area (Å²) in [4.78, 5) is 29.3. The number of H-pyrrole nitrogens is 1. The average molecular weight is 431 g/mol. The Morgan fingerprint density at radius 3 is 2.59 bits per heavy atom. The molecule has 3 fully saturated rings. The smallest absolute Gasteiger partial charge is 0.248 e. The summed E-state index contributed by atoms with van der Waals surface area (Å²) >= 11 is 0. The maximum absolute atomic E-state index is 12.3. The molecular weight excluding hydrogens is 400 g/mol. The Kier molecular flexibility index (Phi) is 4.86. The molecule has 1 saturated heterocycles. The molecule has 2 bridgehead atoms. The van der Waals surface area contributed by atoms with Crippen LogP contribution in [-0.2, 0) is 0 Å². The lowest BCUT2D eigenvalue weighted by Crippen LogP contribution is -2.44. The van der Waals surface area contributed by atoms with E-state index in [1.807, 2.05) is 0 Å². The van der Waals surface area contributed by atoms with E-state index in [1.165, 1.54) is 31.4 Å². The molecule has 0 radical (unpaired) electrons. The van der Waals surface area contributed by atoms with Crippen LogP contribution in [0.3, 0.4) is 0 Å². The number of pyridine rings is 1. The quantitative estimate of drug-likeness (QED) is 0.657. The van der Waals surface area contributed by atoms with E-state index in [9.17, 15) is 4.79 Å². The summed E-state index contributed by atoms with van der Waals surface area (Å²) in [6, 6.07) is 10.3. The third-order valence-electron chi connectivity index (χ3n) is 7.74. The van der Waals surface area contributed by atoms with Gasteiger partial charge < -0.3 is 20.1 Å². The molecule has 2 aliphatic carbocycles. The van der Waals surface area contributed by atoms with Crippen molar-refractivity contribution in [3.8, 4) is 0 Å². The molecule has 2 N–H and O–H groups in total. The van der Waals surface area contributed by atoms with Crippen molar-refractivity contribution in [3.05, 3.63) is 52.4 Å². The van der Waals surface area contributed by atoms with Crippen LogP contribution in [-0.4, -0.2) is 53.1 Å². The summed E-state index contributed by atoms with van der Waals surface area (Å²) in [5, 5.41) is 3.36. The summed E-state index contributed by atoms with van der Waals surface area (Å²) < 4.78 is 0. The summed E-state index contributed by atoms with van der Waals surface area (Å²) in [7, 11) is 2.17. The van der Waals surface area contributed by atoms with Crippen molar-refractivity contribution < 1.29 is 0 Å². The number of fused-ring (bicyclic) bond motifs is 3. The highest BCUT2D eigenvalue weighted by molar-refractivity contribution is 5.79. The molecule has 3 heterocycles. The van der Waals surface area contributed by atoms with E-state index in [0.717, 1.165) is 54.4 Å². The summed E-state index contributed by atoms with van der Waals surface area (Å²) in [6.07, 6.45) is 6.84. The van der Waals surface area contributed by atoms with Crippen LogP contribution in [0, 0.1) is 11.8 Å². The molecule has 0 spiro atoms. The van der Waals surface area contributed by atoms with E-state index in [0.29, 0.717) is 17.8 Å². The normalized spacial score (nSPS) is 25.5. The number of aromatic amines is 1. The molecule has 1 aliphatic heterocycles. The zero-order valence-corrected chi connectivity index (χ0v) is 18.6. The van der Waals surface area contributed by atoms with E-state index < -0.39 is 0 Å². The Balaban J connectivity index is 1.26. The molecule has 7 heteroatoms. The standard InChI is InChI=1S/C25H30N6O/c1-30-8-10-31(11-9-30)19-6-4-18(5-7-19)27-25-26-15-22-24(29-25)21(14-23(32)28-22)20-13-16-2-3-17(20)12-16/h4-7,14-17,20H,2-3,8-13H2,1H3,(H,28,32)(H,26,27,29)/t16-,17?,20+/m1/s1. The third kappa shape index (κ3) is 3.64. The highest BCUT2D eigenvalue weighted by Crippen LogP contribution is 2.53. The van der Waals surface area contributed by atoms with Gasteiger partial charge in [-0.05, 0) is 73.9 Å². The molecule has 7 nitrogen and oxygen atoms in total. The molecule has 3 aromatic rings. The number of nitrogens with one attached hydrogen (secondary N) is 2. The Morgan fingerprint density at radius 2 is 1.88 bits per heavy atom. The van der Waals surface area contributed by atoms with E-state index >= 15 is 0 Å². The van der Waals surface area contributed by atoms with E-state index in [2.05, 4.69) is 56.4 Å². The fourth-order valence-electron chi connectivity index (χ4n) is 5.99. The van der Waals surface area contributed by atoms with Crippen molar-refractivity contribution in [2.24, 2.45) is 11.8 Å². The molecule has 3 aliphatic rings. The van der Waals surface area contributed by atoms with Gasteiger partial charge in [-0.3, -0.25) is 4.79 Å². The van der Waals surface area contributed by atoms with Gasteiger partial charge in [0, 0.05) is 43.6 Å². The van der Waals surface area contributed by atoms with Crippen LogP contribution in [0.25, 0.3) is 11.0 Å². The zero-order chi connectivity index (χ0) is 21.7. The maximum Gasteiger partial charge on any atom is 0.248 e. The van der Waals surface area contributed by atoms with Crippen LogP contribution in [0.4, 0.5) is 17.3 Å². The third-order valence-corrected chi connectivity index (χ3v) is 7.74. The van der Waals surface area contributed by atoms with Gasteiger partial charge in [0.25, 0.3) is 0 Å². The van der Waals surface area contributed by atoms with Gasteiger partial charge in [0.05, 0.1) is 17.2 Å². The van der Waals surface area contributed by atoms with Gasteiger partial charge in [-0.15, -0.1) is 0 Å². The maximum atomic E-state index is 12.3. The van der Waals surface area contributed by atoms with Crippen LogP contribution < -0.4 is 15.8 Å². The first kappa shape index (κ1) is 19.7. The summed E-state index contributed by atoms with van der Waals surface area (Å²) in [5.74, 6) is 2.53. The van der Waals surface area contributed by atoms with Crippen LogP contribution in [0.1, 0.15) is 37.2 Å². The largest absolute Gasteiger partial charge is 0.369 e. The summed E-state index contributed by atoms with van der Waals surface area (Å²) in [5.41, 5.74) is 4.87. The van der Waals surface area contributed by atoms with Gasteiger partial charge in [0.15, 0.2) is 0 Å². The highest BCUT2D eigenvalue weighted by atomic mass is 16.1. The van der Waals surface area contributed by atoms with Crippen molar-refractivity contribution in [1.82, 2.24) is 19.9 Å². The number of anilines is 3. The first-order chi connectivity index (χ1) is 15.6. The number of nitrogens with zero attached hydrogens (tertiary/aromatic N) is 4. The number of rotatable bonds is 4. The van der Waals surface area contributed by atoms with Gasteiger partial charge in [-0.25, -0.2) is 9.97 Å². The second-order valence-corrected chi connectivity index (χ2v) is 9.79. The van der Waals surface area contributed by atoms with Crippen molar-refractivity contribution in [3.63, 3.8) is 0 Å². The number of benzene rings is 1. The number of hydrogen-bond acceptors (Lipinski definition) is 6. The fraction of sp³-hybridized carbons (Fsp3) is 0.480. The van der Waals surface area contributed by atoms with Crippen LogP contribution in [0.15, 0.2) is 41.3 Å². The number of hydrogen-bond donors (Lipinski definition) is 2. The fourth-order valence-corrected chi connectivity index (χ4v) is 5.99. The number of aromatic nitrogens is 3. The van der Waals surface area contributed by atoms with Crippen molar-refractivity contribution in [2.75, 3.05) is 43.4 Å². The predicted molar refractivity (Wildman–Crippen MR) is 128 cm³/mol. The topological polar surface area (TPSA) is 77.1 Å². The minimum atomic E-state index is -0.0564. The molecule has 1 unspecified atom stereocenters. The van der Waals surface area contributed by atoms with E-state index in [4.69, 9.17) is 4.98 Å². The van der Waals surface area contributed by atoms with Crippen LogP contribution >= 0.6 is 0 Å². The molecule has 0 amide bonds. The molecule has 6 rings (SSSR count). The number of piperazine rings is 1. The zero-order valence-electron chi connectivity index (χ0n) is 18.6. The SMILES string of the molecule is CN1CCN(c2ccc(Nc3ncc4[nH]c(=O)cc([C@H]5C[C@@H]6CCC5C6)c4n3)cc2)CC1. The van der Waals surface area contributed by atoms with Crippen molar-refractivity contribution in [2.45, 2.75) is 31.6 Å². The molecule has 166 valence electrons. The predicted octanol–water partition coefficient (Wildman–Crippen LogP) is 3.72. The Hall–Kier alpha value is -2.93. The van der Waals surface area contributed by atoms with E-state index in [1.54, 1.807) is 12.3 Å². The lowest BCUT2D eigenvalue weighted by Gasteiger charge is -2.34. The van der Waals surface area contributed by atoms with Gasteiger partial charge in [-0.2, -0.15) is 0 Å². The molecule has 32 heavy (non-hydrogen) atoms. The Labute approximate surface area is 187 Å². The summed E-state index contributed by atoms with van der Waals surface area (Å²) in [6.45, 7) is 4.30. The minimum Gasteiger partial charge on any atom is -0.369 e. The van der Waals surface area contributed by atoms with Crippen molar-refractivity contribution >= 4 is 28.4 Å². The second kappa shape index (κ2) is 7.89. The van der Waals surface area contributed by atoms with Crippen molar-refractivity contribution in [1.29, 1.82) is 0 Å². The first-order valence-electron chi connectivity index (χ1n) is 11.8. The van der Waals surface area contributed by atoms with Gasteiger partial charge in [0.1, 0.15) is 0 Å². The lowest BCUT2D eigenvalue weighted by molar-refractivity contribution is 0.313. The Bertz CT molecular complexity index is 1180. The number of likely N-dealkylation sites (N-methyl/N-ethyl adjacent to an activating group) is 1. The first-order valence-corrected chi connectivity index (χ1v) is 11.8. The molecule has 2 saturated carbocycles. The average Bonchev–Trinajstić information content (AvgIpc) is 3.44. The van der Waals surface area contributed by atoms with Crippen LogP contribution in [0.2, 0.25) is 0 Å². The highest BCUT2D eigenvalue weighted by Gasteiger charge is 2.41. The van der Waals surface area contributed by atoms with Gasteiger partial charge >= 0.3 is 0 Å². The molecular formula is C25H30N6O. The minimum absolute atomic E-state index is 0.0564. The molecule has 2 aromatic heterocycles. The molecule has 3 atom stereocenters. The van der Waals surface area contributed by atoms with Gasteiger partial charge in [-0.1, -0.05) is 6.42 Å². The second-order valence-electron chi connectivity index (χ2n) is 9.79. The van der Waals surface area contributed by atoms with Crippen LogP contribution in [0.5, 0.6) is 0 Å². The monoisotopic (exact) mass is 430 g/mol.